The molecule has 3 nitrogen and oxygen atoms in total. The summed E-state index contributed by atoms with van der Waals surface area (Å²) in [6.07, 6.45) is 0. The molecule has 1 aromatic carbocycles. The minimum Gasteiger partial charge on any atom is -0.339 e. The SMILES string of the molecule is CC(C)(C)NCNC(=O)c1cccc(Br)c1. The molecule has 0 heterocycles. The first-order chi connectivity index (χ1) is 7.38. The highest BCUT2D eigenvalue weighted by atomic mass is 79.9. The van der Waals surface area contributed by atoms with Crippen LogP contribution in [-0.4, -0.2) is 18.1 Å². The van der Waals surface area contributed by atoms with Gasteiger partial charge in [0.1, 0.15) is 0 Å². The smallest absolute Gasteiger partial charge is 0.252 e. The van der Waals surface area contributed by atoms with Crippen LogP contribution in [0.15, 0.2) is 28.7 Å². The van der Waals surface area contributed by atoms with Gasteiger partial charge in [-0.15, -0.1) is 0 Å². The fourth-order valence-corrected chi connectivity index (χ4v) is 1.52. The number of rotatable bonds is 3. The predicted molar refractivity (Wildman–Crippen MR) is 69.4 cm³/mol. The van der Waals surface area contributed by atoms with E-state index in [4.69, 9.17) is 0 Å². The second-order valence-electron chi connectivity index (χ2n) is 4.62. The van der Waals surface area contributed by atoms with Crippen molar-refractivity contribution in [1.29, 1.82) is 0 Å². The van der Waals surface area contributed by atoms with Gasteiger partial charge >= 0.3 is 0 Å². The van der Waals surface area contributed by atoms with Crippen molar-refractivity contribution in [3.8, 4) is 0 Å². The molecule has 1 rings (SSSR count). The second kappa shape index (κ2) is 5.46. The number of benzene rings is 1. The lowest BCUT2D eigenvalue weighted by Crippen LogP contribution is -2.43. The van der Waals surface area contributed by atoms with Crippen molar-refractivity contribution in [2.45, 2.75) is 26.3 Å². The van der Waals surface area contributed by atoms with Gasteiger partial charge in [0.15, 0.2) is 0 Å². The third-order valence-corrected chi connectivity index (χ3v) is 2.45. The third-order valence-electron chi connectivity index (χ3n) is 1.95. The number of halogens is 1. The molecule has 0 aromatic heterocycles. The molecule has 4 heteroatoms. The van der Waals surface area contributed by atoms with E-state index in [0.717, 1.165) is 4.47 Å². The van der Waals surface area contributed by atoms with Crippen molar-refractivity contribution in [3.05, 3.63) is 34.3 Å². The Morgan fingerprint density at radius 1 is 1.38 bits per heavy atom. The highest BCUT2D eigenvalue weighted by molar-refractivity contribution is 9.10. The molecular weight excluding hydrogens is 268 g/mol. The normalized spacial score (nSPS) is 11.2. The number of carbonyl (C=O) groups excluding carboxylic acids is 1. The maximum atomic E-state index is 11.7. The van der Waals surface area contributed by atoms with Gasteiger partial charge in [0, 0.05) is 15.6 Å². The first-order valence-corrected chi connectivity index (χ1v) is 5.96. The third kappa shape index (κ3) is 4.77. The topological polar surface area (TPSA) is 41.1 Å². The molecule has 1 amide bonds. The summed E-state index contributed by atoms with van der Waals surface area (Å²) < 4.78 is 0.906. The van der Waals surface area contributed by atoms with E-state index >= 15 is 0 Å². The maximum Gasteiger partial charge on any atom is 0.252 e. The molecule has 0 aliphatic rings. The van der Waals surface area contributed by atoms with Crippen molar-refractivity contribution >= 4 is 21.8 Å². The molecular formula is C12H17BrN2O. The van der Waals surface area contributed by atoms with Gasteiger partial charge < -0.3 is 5.32 Å². The summed E-state index contributed by atoms with van der Waals surface area (Å²) in [6, 6.07) is 7.32. The van der Waals surface area contributed by atoms with Crippen molar-refractivity contribution in [1.82, 2.24) is 10.6 Å². The summed E-state index contributed by atoms with van der Waals surface area (Å²) in [5.41, 5.74) is 0.662. The van der Waals surface area contributed by atoms with Crippen LogP contribution in [-0.2, 0) is 0 Å². The van der Waals surface area contributed by atoms with Gasteiger partial charge in [-0.3, -0.25) is 10.1 Å². The van der Waals surface area contributed by atoms with Gasteiger partial charge in [-0.1, -0.05) is 22.0 Å². The summed E-state index contributed by atoms with van der Waals surface area (Å²) in [4.78, 5) is 11.7. The highest BCUT2D eigenvalue weighted by Gasteiger charge is 2.09. The molecule has 1 aromatic rings. The molecule has 0 aliphatic heterocycles. The van der Waals surface area contributed by atoms with Crippen molar-refractivity contribution in [2.24, 2.45) is 0 Å². The molecule has 0 fully saturated rings. The van der Waals surface area contributed by atoms with Crippen LogP contribution >= 0.6 is 15.9 Å². The summed E-state index contributed by atoms with van der Waals surface area (Å²) in [6.45, 7) is 6.63. The minimum absolute atomic E-state index is 0.00452. The van der Waals surface area contributed by atoms with E-state index in [0.29, 0.717) is 12.2 Å². The Morgan fingerprint density at radius 2 is 2.06 bits per heavy atom. The van der Waals surface area contributed by atoms with E-state index in [1.807, 2.05) is 12.1 Å². The van der Waals surface area contributed by atoms with Crippen LogP contribution in [0.3, 0.4) is 0 Å². The summed E-state index contributed by atoms with van der Waals surface area (Å²) >= 11 is 3.33. The van der Waals surface area contributed by atoms with E-state index in [-0.39, 0.29) is 11.4 Å². The van der Waals surface area contributed by atoms with Gasteiger partial charge in [-0.05, 0) is 39.0 Å². The molecule has 0 unspecified atom stereocenters. The Labute approximate surface area is 105 Å². The standard InChI is InChI=1S/C12H17BrN2O/c1-12(2,3)15-8-14-11(16)9-5-4-6-10(13)7-9/h4-7,15H,8H2,1-3H3,(H,14,16). The average molecular weight is 285 g/mol. The molecule has 2 N–H and O–H groups in total. The maximum absolute atomic E-state index is 11.7. The summed E-state index contributed by atoms with van der Waals surface area (Å²) in [5.74, 6) is -0.0712. The first-order valence-electron chi connectivity index (χ1n) is 5.17. The minimum atomic E-state index is -0.0712. The fraction of sp³-hybridized carbons (Fsp3) is 0.417. The lowest BCUT2D eigenvalue weighted by atomic mass is 10.1. The van der Waals surface area contributed by atoms with Crippen LogP contribution in [0, 0.1) is 0 Å². The first kappa shape index (κ1) is 13.2. The Morgan fingerprint density at radius 3 is 2.62 bits per heavy atom. The summed E-state index contributed by atoms with van der Waals surface area (Å²) in [5, 5.41) is 6.01. The quantitative estimate of drug-likeness (QED) is 0.838. The number of amides is 1. The van der Waals surface area contributed by atoms with Crippen molar-refractivity contribution in [3.63, 3.8) is 0 Å². The van der Waals surface area contributed by atoms with Crippen LogP contribution < -0.4 is 10.6 Å². The van der Waals surface area contributed by atoms with E-state index in [2.05, 4.69) is 47.3 Å². The zero-order chi connectivity index (χ0) is 12.2. The predicted octanol–water partition coefficient (Wildman–Crippen LogP) is 2.52. The Kier molecular flexibility index (Phi) is 4.50. The van der Waals surface area contributed by atoms with Crippen LogP contribution in [0.25, 0.3) is 0 Å². The number of nitrogens with one attached hydrogen (secondary N) is 2. The fourth-order valence-electron chi connectivity index (χ4n) is 1.12. The van der Waals surface area contributed by atoms with E-state index in [1.54, 1.807) is 12.1 Å². The van der Waals surface area contributed by atoms with Crippen LogP contribution in [0.2, 0.25) is 0 Å². The second-order valence-corrected chi connectivity index (χ2v) is 5.54. The van der Waals surface area contributed by atoms with Gasteiger partial charge in [0.2, 0.25) is 0 Å². The molecule has 0 atom stereocenters. The van der Waals surface area contributed by atoms with Crippen molar-refractivity contribution < 1.29 is 4.79 Å². The Balaban J connectivity index is 2.47. The zero-order valence-electron chi connectivity index (χ0n) is 9.80. The molecule has 0 spiro atoms. The highest BCUT2D eigenvalue weighted by Crippen LogP contribution is 2.11. The Hall–Kier alpha value is -0.870. The van der Waals surface area contributed by atoms with Gasteiger partial charge in [0.25, 0.3) is 5.91 Å². The molecule has 0 aliphatic carbocycles. The van der Waals surface area contributed by atoms with Gasteiger partial charge in [-0.2, -0.15) is 0 Å². The Bertz CT molecular complexity index is 372. The van der Waals surface area contributed by atoms with Crippen molar-refractivity contribution in [2.75, 3.05) is 6.67 Å². The monoisotopic (exact) mass is 284 g/mol. The lowest BCUT2D eigenvalue weighted by molar-refractivity contribution is 0.0947. The van der Waals surface area contributed by atoms with E-state index < -0.39 is 0 Å². The number of hydrogen-bond acceptors (Lipinski definition) is 2. The average Bonchev–Trinajstić information content (AvgIpc) is 2.15. The van der Waals surface area contributed by atoms with Crippen LogP contribution in [0.4, 0.5) is 0 Å². The van der Waals surface area contributed by atoms with Crippen LogP contribution in [0.1, 0.15) is 31.1 Å². The van der Waals surface area contributed by atoms with Gasteiger partial charge in [-0.25, -0.2) is 0 Å². The zero-order valence-corrected chi connectivity index (χ0v) is 11.4. The molecule has 0 saturated carbocycles. The lowest BCUT2D eigenvalue weighted by Gasteiger charge is -2.20. The largest absolute Gasteiger partial charge is 0.339 e. The molecule has 88 valence electrons. The summed E-state index contributed by atoms with van der Waals surface area (Å²) in [7, 11) is 0. The molecule has 0 saturated heterocycles. The molecule has 16 heavy (non-hydrogen) atoms. The van der Waals surface area contributed by atoms with Crippen LogP contribution in [0.5, 0.6) is 0 Å². The molecule has 0 bridgehead atoms. The molecule has 0 radical (unpaired) electrons. The van der Waals surface area contributed by atoms with E-state index in [1.165, 1.54) is 0 Å². The van der Waals surface area contributed by atoms with Gasteiger partial charge in [0.05, 0.1) is 6.67 Å². The van der Waals surface area contributed by atoms with E-state index in [9.17, 15) is 4.79 Å². The number of hydrogen-bond donors (Lipinski definition) is 2. The number of carbonyl (C=O) groups is 1.